The topological polar surface area (TPSA) is 111 Å². The quantitative estimate of drug-likeness (QED) is 0.670. The van der Waals surface area contributed by atoms with Gasteiger partial charge in [0.1, 0.15) is 6.54 Å². The highest BCUT2D eigenvalue weighted by Crippen LogP contribution is 2.29. The summed E-state index contributed by atoms with van der Waals surface area (Å²) >= 11 is 0. The smallest absolute Gasteiger partial charge is 0.321 e. The zero-order chi connectivity index (χ0) is 22.5. The van der Waals surface area contributed by atoms with E-state index in [1.54, 1.807) is 53.4 Å². The Bertz CT molecular complexity index is 1050. The third-order valence-corrected chi connectivity index (χ3v) is 5.47. The molecule has 0 aromatic heterocycles. The van der Waals surface area contributed by atoms with Gasteiger partial charge < -0.3 is 25.8 Å². The van der Waals surface area contributed by atoms with Gasteiger partial charge >= 0.3 is 6.03 Å². The minimum absolute atomic E-state index is 0.0459. The number of nitrogens with one attached hydrogen (secondary N) is 3. The summed E-state index contributed by atoms with van der Waals surface area (Å²) in [6.45, 7) is 1.36. The molecule has 1 saturated heterocycles. The number of carbonyl (C=O) groups is 4. The van der Waals surface area contributed by atoms with E-state index in [1.807, 2.05) is 0 Å². The van der Waals surface area contributed by atoms with Crippen LogP contribution < -0.4 is 20.9 Å². The summed E-state index contributed by atoms with van der Waals surface area (Å²) in [7, 11) is 0. The molecule has 2 aliphatic heterocycles. The number of amides is 5. The molecule has 32 heavy (non-hydrogen) atoms. The Morgan fingerprint density at radius 2 is 1.53 bits per heavy atom. The van der Waals surface area contributed by atoms with E-state index >= 15 is 0 Å². The minimum atomic E-state index is -0.351. The molecule has 0 bridgehead atoms. The Morgan fingerprint density at radius 3 is 2.28 bits per heavy atom. The number of fused-ring (bicyclic) bond motifs is 1. The fourth-order valence-electron chi connectivity index (χ4n) is 3.84. The van der Waals surface area contributed by atoms with Crippen LogP contribution in [-0.4, -0.2) is 48.3 Å². The van der Waals surface area contributed by atoms with E-state index in [1.165, 1.54) is 4.90 Å². The third kappa shape index (κ3) is 4.88. The molecule has 2 aromatic carbocycles. The summed E-state index contributed by atoms with van der Waals surface area (Å²) in [6, 6.07) is 13.8. The standard InChI is InChI=1S/C23H25N5O4/c29-20(11-12-22(31)28-15-21(30)25-18-9-3-4-10-19(18)28)24-16-7-1-2-8-17(16)26-23(32)27-13-5-6-14-27/h1-4,7-10H,5-6,11-15H2,(H,24,29)(H,25,30)(H,26,32). The highest BCUT2D eigenvalue weighted by molar-refractivity contribution is 6.10. The normalized spacial score (nSPS) is 15.1. The predicted octanol–water partition coefficient (Wildman–Crippen LogP) is 3.02. The molecule has 1 fully saturated rings. The van der Waals surface area contributed by atoms with Crippen LogP contribution in [0.5, 0.6) is 0 Å². The number of anilines is 4. The Kier molecular flexibility index (Phi) is 6.34. The van der Waals surface area contributed by atoms with E-state index in [0.717, 1.165) is 25.9 Å². The molecule has 0 saturated carbocycles. The molecule has 5 amide bonds. The lowest BCUT2D eigenvalue weighted by molar-refractivity contribution is -0.124. The van der Waals surface area contributed by atoms with Gasteiger partial charge in [0.25, 0.3) is 0 Å². The Labute approximate surface area is 185 Å². The van der Waals surface area contributed by atoms with E-state index in [9.17, 15) is 19.2 Å². The molecule has 0 atom stereocenters. The van der Waals surface area contributed by atoms with Crippen molar-refractivity contribution >= 4 is 46.5 Å². The van der Waals surface area contributed by atoms with Crippen LogP contribution in [0.15, 0.2) is 48.5 Å². The molecule has 4 rings (SSSR count). The van der Waals surface area contributed by atoms with Crippen LogP contribution in [0.25, 0.3) is 0 Å². The van der Waals surface area contributed by atoms with Gasteiger partial charge in [0, 0.05) is 25.9 Å². The molecule has 0 unspecified atom stereocenters. The highest BCUT2D eigenvalue weighted by atomic mass is 16.2. The SMILES string of the molecule is O=C(CCC(=O)N1CC(=O)Nc2ccccc21)Nc1ccccc1NC(=O)N1CCCC1. The number of hydrogen-bond donors (Lipinski definition) is 3. The highest BCUT2D eigenvalue weighted by Gasteiger charge is 2.26. The molecule has 9 heteroatoms. The lowest BCUT2D eigenvalue weighted by atomic mass is 10.1. The molecule has 9 nitrogen and oxygen atoms in total. The third-order valence-electron chi connectivity index (χ3n) is 5.47. The molecule has 166 valence electrons. The summed E-state index contributed by atoms with van der Waals surface area (Å²) < 4.78 is 0. The van der Waals surface area contributed by atoms with Crippen molar-refractivity contribution in [1.29, 1.82) is 0 Å². The van der Waals surface area contributed by atoms with Crippen molar-refractivity contribution in [2.75, 3.05) is 40.5 Å². The van der Waals surface area contributed by atoms with Gasteiger partial charge in [0.15, 0.2) is 0 Å². The minimum Gasteiger partial charge on any atom is -0.325 e. The monoisotopic (exact) mass is 435 g/mol. The number of nitrogens with zero attached hydrogens (tertiary/aromatic N) is 2. The second-order valence-corrected chi connectivity index (χ2v) is 7.76. The van der Waals surface area contributed by atoms with Gasteiger partial charge in [0.05, 0.1) is 22.7 Å². The van der Waals surface area contributed by atoms with Gasteiger partial charge in [0.2, 0.25) is 17.7 Å². The van der Waals surface area contributed by atoms with Crippen molar-refractivity contribution in [3.8, 4) is 0 Å². The molecular weight excluding hydrogens is 410 g/mol. The van der Waals surface area contributed by atoms with Crippen LogP contribution in [0.1, 0.15) is 25.7 Å². The Morgan fingerprint density at radius 1 is 0.875 bits per heavy atom. The van der Waals surface area contributed by atoms with Crippen molar-refractivity contribution in [2.45, 2.75) is 25.7 Å². The van der Waals surface area contributed by atoms with Crippen molar-refractivity contribution in [1.82, 2.24) is 4.90 Å². The van der Waals surface area contributed by atoms with Crippen LogP contribution in [0, 0.1) is 0 Å². The number of para-hydroxylation sites is 4. The molecule has 2 heterocycles. The average Bonchev–Trinajstić information content (AvgIpc) is 3.33. The lowest BCUT2D eigenvalue weighted by Crippen LogP contribution is -2.42. The number of benzene rings is 2. The van der Waals surface area contributed by atoms with E-state index in [-0.39, 0.29) is 43.1 Å². The van der Waals surface area contributed by atoms with Crippen molar-refractivity contribution in [3.63, 3.8) is 0 Å². The van der Waals surface area contributed by atoms with Gasteiger partial charge in [-0.2, -0.15) is 0 Å². The average molecular weight is 435 g/mol. The Hall–Kier alpha value is -3.88. The predicted molar refractivity (Wildman–Crippen MR) is 122 cm³/mol. The van der Waals surface area contributed by atoms with Crippen molar-refractivity contribution in [3.05, 3.63) is 48.5 Å². The summed E-state index contributed by atoms with van der Waals surface area (Å²) in [6.07, 6.45) is 1.88. The van der Waals surface area contributed by atoms with Gasteiger partial charge in [-0.15, -0.1) is 0 Å². The first kappa shape index (κ1) is 21.4. The van der Waals surface area contributed by atoms with Gasteiger partial charge in [-0.3, -0.25) is 14.4 Å². The fraction of sp³-hybridized carbons (Fsp3) is 0.304. The second kappa shape index (κ2) is 9.51. The first-order valence-corrected chi connectivity index (χ1v) is 10.7. The van der Waals surface area contributed by atoms with E-state index in [4.69, 9.17) is 0 Å². The summed E-state index contributed by atoms with van der Waals surface area (Å²) in [5.74, 6) is -0.932. The van der Waals surface area contributed by atoms with Crippen LogP contribution in [0.4, 0.5) is 27.5 Å². The van der Waals surface area contributed by atoms with Gasteiger partial charge in [-0.05, 0) is 37.1 Å². The number of rotatable bonds is 5. The number of carbonyl (C=O) groups excluding carboxylic acids is 4. The van der Waals surface area contributed by atoms with Crippen LogP contribution in [0.3, 0.4) is 0 Å². The molecule has 2 aromatic rings. The molecule has 0 aliphatic carbocycles. The number of urea groups is 1. The zero-order valence-electron chi connectivity index (χ0n) is 17.6. The van der Waals surface area contributed by atoms with Crippen LogP contribution in [-0.2, 0) is 14.4 Å². The van der Waals surface area contributed by atoms with E-state index in [0.29, 0.717) is 22.7 Å². The second-order valence-electron chi connectivity index (χ2n) is 7.76. The van der Waals surface area contributed by atoms with Crippen LogP contribution >= 0.6 is 0 Å². The van der Waals surface area contributed by atoms with Crippen molar-refractivity contribution < 1.29 is 19.2 Å². The molecule has 3 N–H and O–H groups in total. The van der Waals surface area contributed by atoms with Gasteiger partial charge in [-0.1, -0.05) is 24.3 Å². The van der Waals surface area contributed by atoms with Crippen molar-refractivity contribution in [2.24, 2.45) is 0 Å². The largest absolute Gasteiger partial charge is 0.325 e. The summed E-state index contributed by atoms with van der Waals surface area (Å²) in [4.78, 5) is 52.7. The molecule has 0 radical (unpaired) electrons. The summed E-state index contributed by atoms with van der Waals surface area (Å²) in [5.41, 5.74) is 2.17. The molecular formula is C23H25N5O4. The zero-order valence-corrected chi connectivity index (χ0v) is 17.6. The number of hydrogen-bond acceptors (Lipinski definition) is 4. The maximum absolute atomic E-state index is 12.7. The molecule has 0 spiro atoms. The maximum atomic E-state index is 12.7. The van der Waals surface area contributed by atoms with E-state index in [2.05, 4.69) is 16.0 Å². The fourth-order valence-corrected chi connectivity index (χ4v) is 3.84. The molecule has 2 aliphatic rings. The van der Waals surface area contributed by atoms with Gasteiger partial charge in [-0.25, -0.2) is 4.79 Å². The lowest BCUT2D eigenvalue weighted by Gasteiger charge is -2.29. The Balaban J connectivity index is 1.35. The first-order valence-electron chi connectivity index (χ1n) is 10.7. The first-order chi connectivity index (χ1) is 15.5. The van der Waals surface area contributed by atoms with E-state index < -0.39 is 0 Å². The van der Waals surface area contributed by atoms with Crippen LogP contribution in [0.2, 0.25) is 0 Å². The summed E-state index contributed by atoms with van der Waals surface area (Å²) in [5, 5.41) is 8.35. The maximum Gasteiger partial charge on any atom is 0.321 e. The number of likely N-dealkylation sites (tertiary alicyclic amines) is 1.